The number of nitrogens with two attached hydrogens (primary N) is 1. The van der Waals surface area contributed by atoms with Crippen LogP contribution in [0.25, 0.3) is 0 Å². The van der Waals surface area contributed by atoms with Gasteiger partial charge in [-0.25, -0.2) is 0 Å². The number of halogens is 2. The van der Waals surface area contributed by atoms with E-state index in [4.69, 9.17) is 5.73 Å². The number of piperazine rings is 1. The first-order chi connectivity index (χ1) is 11.5. The molecule has 1 aliphatic heterocycles. The molecule has 1 aromatic carbocycles. The van der Waals surface area contributed by atoms with Gasteiger partial charge in [0, 0.05) is 45.2 Å². The van der Waals surface area contributed by atoms with Crippen molar-refractivity contribution < 1.29 is 9.59 Å². The number of benzene rings is 1. The fourth-order valence-corrected chi connectivity index (χ4v) is 2.79. The number of amides is 2. The number of hydrogen-bond acceptors (Lipinski definition) is 4. The van der Waals surface area contributed by atoms with Gasteiger partial charge in [-0.1, -0.05) is 37.3 Å². The van der Waals surface area contributed by atoms with E-state index < -0.39 is 0 Å². The standard InChI is InChI=1S/C18H28N4O2.2ClH/c1-14(17(19)15-6-4-3-5-7-15)18(24)20-9-8-16(23)22-12-10-21(2)11-13-22;;/h3-7,14,17H,8-13,19H2,1-2H3,(H,20,24);2*1H. The Balaban J connectivity index is 0.00000312. The average molecular weight is 405 g/mol. The van der Waals surface area contributed by atoms with Crippen LogP contribution in [0.3, 0.4) is 0 Å². The summed E-state index contributed by atoms with van der Waals surface area (Å²) in [6.45, 7) is 5.50. The van der Waals surface area contributed by atoms with Crippen LogP contribution >= 0.6 is 24.8 Å². The van der Waals surface area contributed by atoms with Gasteiger partial charge in [0.25, 0.3) is 0 Å². The maximum absolute atomic E-state index is 12.2. The molecule has 0 aromatic heterocycles. The van der Waals surface area contributed by atoms with Crippen LogP contribution in [0.2, 0.25) is 0 Å². The van der Waals surface area contributed by atoms with Crippen molar-refractivity contribution in [1.82, 2.24) is 15.1 Å². The second-order valence-electron chi connectivity index (χ2n) is 6.45. The normalized spacial score (nSPS) is 16.7. The van der Waals surface area contributed by atoms with Crippen molar-refractivity contribution in [2.45, 2.75) is 19.4 Å². The highest BCUT2D eigenvalue weighted by molar-refractivity contribution is 5.85. The van der Waals surface area contributed by atoms with Gasteiger partial charge in [-0.15, -0.1) is 24.8 Å². The van der Waals surface area contributed by atoms with Gasteiger partial charge in [0.05, 0.1) is 5.92 Å². The lowest BCUT2D eigenvalue weighted by atomic mass is 9.95. The summed E-state index contributed by atoms with van der Waals surface area (Å²) >= 11 is 0. The lowest BCUT2D eigenvalue weighted by molar-refractivity contribution is -0.132. The van der Waals surface area contributed by atoms with Crippen molar-refractivity contribution in [3.63, 3.8) is 0 Å². The summed E-state index contributed by atoms with van der Waals surface area (Å²) in [5.74, 6) is -0.355. The van der Waals surface area contributed by atoms with Crippen LogP contribution in [0, 0.1) is 5.92 Å². The first-order valence-corrected chi connectivity index (χ1v) is 8.53. The summed E-state index contributed by atoms with van der Waals surface area (Å²) < 4.78 is 0. The van der Waals surface area contributed by atoms with Gasteiger partial charge < -0.3 is 20.9 Å². The Labute approximate surface area is 168 Å². The third kappa shape index (κ3) is 7.11. The first kappa shape index (κ1) is 24.7. The van der Waals surface area contributed by atoms with Crippen LogP contribution < -0.4 is 11.1 Å². The van der Waals surface area contributed by atoms with Crippen LogP contribution in [-0.4, -0.2) is 61.4 Å². The fraction of sp³-hybridized carbons (Fsp3) is 0.556. The highest BCUT2D eigenvalue weighted by Gasteiger charge is 2.23. The quantitative estimate of drug-likeness (QED) is 0.751. The van der Waals surface area contributed by atoms with E-state index in [0.717, 1.165) is 31.7 Å². The number of nitrogens with zero attached hydrogens (tertiary/aromatic N) is 2. The maximum atomic E-state index is 12.2. The molecule has 6 nitrogen and oxygen atoms in total. The maximum Gasteiger partial charge on any atom is 0.224 e. The predicted molar refractivity (Wildman–Crippen MR) is 109 cm³/mol. The smallest absolute Gasteiger partial charge is 0.224 e. The summed E-state index contributed by atoms with van der Waals surface area (Å²) in [7, 11) is 2.05. The van der Waals surface area contributed by atoms with E-state index in [0.29, 0.717) is 13.0 Å². The monoisotopic (exact) mass is 404 g/mol. The van der Waals surface area contributed by atoms with Crippen molar-refractivity contribution in [1.29, 1.82) is 0 Å². The summed E-state index contributed by atoms with van der Waals surface area (Å²) in [5.41, 5.74) is 7.10. The molecule has 0 saturated carbocycles. The van der Waals surface area contributed by atoms with E-state index in [-0.39, 0.29) is 48.6 Å². The van der Waals surface area contributed by atoms with E-state index >= 15 is 0 Å². The number of rotatable bonds is 6. The Morgan fingerprint density at radius 3 is 2.27 bits per heavy atom. The molecule has 1 aliphatic rings. The summed E-state index contributed by atoms with van der Waals surface area (Å²) in [6.07, 6.45) is 0.336. The molecule has 0 spiro atoms. The summed E-state index contributed by atoms with van der Waals surface area (Å²) in [4.78, 5) is 28.5. The molecule has 1 fully saturated rings. The van der Waals surface area contributed by atoms with Crippen molar-refractivity contribution in [2.24, 2.45) is 11.7 Å². The Kier molecular flexibility index (Phi) is 11.5. The molecule has 2 atom stereocenters. The fourth-order valence-electron chi connectivity index (χ4n) is 2.79. The second-order valence-corrected chi connectivity index (χ2v) is 6.45. The molecule has 0 bridgehead atoms. The van der Waals surface area contributed by atoms with Gasteiger partial charge in [-0.3, -0.25) is 9.59 Å². The minimum atomic E-state index is -0.348. The summed E-state index contributed by atoms with van der Waals surface area (Å²) in [6, 6.07) is 9.24. The minimum Gasteiger partial charge on any atom is -0.355 e. The van der Waals surface area contributed by atoms with Crippen molar-refractivity contribution in [2.75, 3.05) is 39.8 Å². The van der Waals surface area contributed by atoms with Crippen LogP contribution in [0.1, 0.15) is 24.9 Å². The van der Waals surface area contributed by atoms with E-state index in [9.17, 15) is 9.59 Å². The van der Waals surface area contributed by atoms with Crippen molar-refractivity contribution in [3.8, 4) is 0 Å². The minimum absolute atomic E-state index is 0. The number of carbonyl (C=O) groups excluding carboxylic acids is 2. The third-order valence-electron chi connectivity index (χ3n) is 4.63. The van der Waals surface area contributed by atoms with Gasteiger partial charge >= 0.3 is 0 Å². The number of carbonyl (C=O) groups is 2. The molecule has 1 saturated heterocycles. The first-order valence-electron chi connectivity index (χ1n) is 8.53. The Morgan fingerprint density at radius 1 is 1.12 bits per heavy atom. The molecule has 0 aliphatic carbocycles. The highest BCUT2D eigenvalue weighted by atomic mass is 35.5. The molecule has 26 heavy (non-hydrogen) atoms. The van der Waals surface area contributed by atoms with Gasteiger partial charge in [-0.05, 0) is 12.6 Å². The van der Waals surface area contributed by atoms with E-state index in [1.807, 2.05) is 42.2 Å². The zero-order chi connectivity index (χ0) is 17.5. The molecular formula is C18H30Cl2N4O2. The van der Waals surface area contributed by atoms with E-state index in [2.05, 4.69) is 17.3 Å². The highest BCUT2D eigenvalue weighted by Crippen LogP contribution is 2.18. The number of likely N-dealkylation sites (N-methyl/N-ethyl adjacent to an activating group) is 1. The van der Waals surface area contributed by atoms with Crippen LogP contribution in [0.15, 0.2) is 30.3 Å². The molecule has 1 heterocycles. The Hall–Kier alpha value is -1.34. The molecule has 3 N–H and O–H groups in total. The topological polar surface area (TPSA) is 78.7 Å². The number of hydrogen-bond donors (Lipinski definition) is 2. The third-order valence-corrected chi connectivity index (χ3v) is 4.63. The number of nitrogens with one attached hydrogen (secondary N) is 1. The largest absolute Gasteiger partial charge is 0.355 e. The predicted octanol–water partition coefficient (Wildman–Crippen LogP) is 1.45. The van der Waals surface area contributed by atoms with Gasteiger partial charge in [0.1, 0.15) is 0 Å². The zero-order valence-electron chi connectivity index (χ0n) is 15.4. The van der Waals surface area contributed by atoms with Gasteiger partial charge in [-0.2, -0.15) is 0 Å². The molecule has 0 radical (unpaired) electrons. The van der Waals surface area contributed by atoms with Gasteiger partial charge in [0.15, 0.2) is 0 Å². The van der Waals surface area contributed by atoms with Crippen LogP contribution in [0.5, 0.6) is 0 Å². The second kappa shape index (κ2) is 12.1. The van der Waals surface area contributed by atoms with E-state index in [1.54, 1.807) is 0 Å². The average Bonchev–Trinajstić information content (AvgIpc) is 2.61. The lowest BCUT2D eigenvalue weighted by Gasteiger charge is -2.32. The summed E-state index contributed by atoms with van der Waals surface area (Å²) in [5, 5.41) is 2.84. The molecule has 1 aromatic rings. The molecule has 2 unspecified atom stereocenters. The zero-order valence-corrected chi connectivity index (χ0v) is 17.0. The van der Waals surface area contributed by atoms with Crippen LogP contribution in [0.4, 0.5) is 0 Å². The molecule has 148 valence electrons. The van der Waals surface area contributed by atoms with Gasteiger partial charge in [0.2, 0.25) is 11.8 Å². The van der Waals surface area contributed by atoms with E-state index in [1.165, 1.54) is 0 Å². The lowest BCUT2D eigenvalue weighted by Crippen LogP contribution is -2.47. The SMILES string of the molecule is CC(C(=O)NCCC(=O)N1CCN(C)CC1)C(N)c1ccccc1.Cl.Cl. The molecule has 8 heteroatoms. The molecule has 2 amide bonds. The molecular weight excluding hydrogens is 375 g/mol. The Bertz CT molecular complexity index is 551. The molecule has 2 rings (SSSR count). The van der Waals surface area contributed by atoms with Crippen molar-refractivity contribution in [3.05, 3.63) is 35.9 Å². The Morgan fingerprint density at radius 2 is 1.69 bits per heavy atom. The van der Waals surface area contributed by atoms with Crippen molar-refractivity contribution >= 4 is 36.6 Å². The van der Waals surface area contributed by atoms with Crippen LogP contribution in [-0.2, 0) is 9.59 Å².